The van der Waals surface area contributed by atoms with Crippen molar-refractivity contribution in [2.75, 3.05) is 11.9 Å². The standard InChI is InChI=1S/C18H23N3O2/c1-5-15(14-10-8-7-9-11-14)17(22)21-16-12(3)19-18(23-6-2)20-13(16)4/h7-11,15H,5-6H2,1-4H3,(H,21,22). The number of nitrogens with one attached hydrogen (secondary N) is 1. The molecule has 0 saturated carbocycles. The van der Waals surface area contributed by atoms with E-state index in [2.05, 4.69) is 15.3 Å². The van der Waals surface area contributed by atoms with Crippen LogP contribution in [0, 0.1) is 13.8 Å². The summed E-state index contributed by atoms with van der Waals surface area (Å²) in [4.78, 5) is 21.2. The molecule has 0 spiro atoms. The molecule has 5 heteroatoms. The normalized spacial score (nSPS) is 11.8. The molecule has 0 aliphatic heterocycles. The Hall–Kier alpha value is -2.43. The Morgan fingerprint density at radius 2 is 1.74 bits per heavy atom. The first-order valence-corrected chi connectivity index (χ1v) is 7.90. The van der Waals surface area contributed by atoms with Crippen molar-refractivity contribution in [2.24, 2.45) is 0 Å². The second kappa shape index (κ2) is 7.72. The first-order chi connectivity index (χ1) is 11.1. The van der Waals surface area contributed by atoms with Gasteiger partial charge in [-0.25, -0.2) is 0 Å². The molecule has 0 saturated heterocycles. The number of benzene rings is 1. The first-order valence-electron chi connectivity index (χ1n) is 7.90. The number of rotatable bonds is 6. The average Bonchev–Trinajstić information content (AvgIpc) is 2.53. The number of hydrogen-bond acceptors (Lipinski definition) is 4. The molecule has 1 heterocycles. The van der Waals surface area contributed by atoms with Crippen molar-refractivity contribution < 1.29 is 9.53 Å². The molecule has 2 aromatic rings. The van der Waals surface area contributed by atoms with Crippen molar-refractivity contribution in [3.8, 4) is 6.01 Å². The van der Waals surface area contributed by atoms with E-state index in [9.17, 15) is 4.79 Å². The number of anilines is 1. The molecular formula is C18H23N3O2. The van der Waals surface area contributed by atoms with Gasteiger partial charge in [-0.2, -0.15) is 9.97 Å². The summed E-state index contributed by atoms with van der Waals surface area (Å²) in [6, 6.07) is 10.1. The van der Waals surface area contributed by atoms with Gasteiger partial charge in [-0.15, -0.1) is 0 Å². The van der Waals surface area contributed by atoms with Crippen LogP contribution >= 0.6 is 0 Å². The highest BCUT2D eigenvalue weighted by Crippen LogP contribution is 2.24. The van der Waals surface area contributed by atoms with E-state index >= 15 is 0 Å². The van der Waals surface area contributed by atoms with Crippen molar-refractivity contribution in [1.82, 2.24) is 9.97 Å². The molecule has 1 aromatic carbocycles. The number of hydrogen-bond donors (Lipinski definition) is 1. The van der Waals surface area contributed by atoms with Gasteiger partial charge in [0.05, 0.1) is 29.6 Å². The lowest BCUT2D eigenvalue weighted by Crippen LogP contribution is -2.22. The fraction of sp³-hybridized carbons (Fsp3) is 0.389. The molecule has 1 amide bonds. The van der Waals surface area contributed by atoms with Crippen LogP contribution in [0.4, 0.5) is 5.69 Å². The van der Waals surface area contributed by atoms with Gasteiger partial charge in [0.25, 0.3) is 0 Å². The highest BCUT2D eigenvalue weighted by molar-refractivity contribution is 5.96. The van der Waals surface area contributed by atoms with Gasteiger partial charge in [0.1, 0.15) is 0 Å². The molecule has 0 bridgehead atoms. The quantitative estimate of drug-likeness (QED) is 0.884. The third-order valence-corrected chi connectivity index (χ3v) is 3.70. The molecule has 1 N–H and O–H groups in total. The molecule has 2 rings (SSSR count). The summed E-state index contributed by atoms with van der Waals surface area (Å²) in [5.74, 6) is -0.237. The molecule has 0 aliphatic rings. The van der Waals surface area contributed by atoms with Crippen molar-refractivity contribution >= 4 is 11.6 Å². The zero-order valence-corrected chi connectivity index (χ0v) is 14.1. The minimum absolute atomic E-state index is 0.0438. The zero-order chi connectivity index (χ0) is 16.8. The second-order valence-electron chi connectivity index (χ2n) is 5.35. The number of carbonyl (C=O) groups is 1. The lowest BCUT2D eigenvalue weighted by Gasteiger charge is -2.17. The SMILES string of the molecule is CCOc1nc(C)c(NC(=O)C(CC)c2ccccc2)c(C)n1. The maximum absolute atomic E-state index is 12.7. The van der Waals surface area contributed by atoms with Gasteiger partial charge in [-0.05, 0) is 32.8 Å². The van der Waals surface area contributed by atoms with Crippen LogP contribution in [0.5, 0.6) is 6.01 Å². The monoisotopic (exact) mass is 313 g/mol. The molecule has 5 nitrogen and oxygen atoms in total. The Morgan fingerprint density at radius 1 is 1.13 bits per heavy atom. The topological polar surface area (TPSA) is 64.1 Å². The fourth-order valence-corrected chi connectivity index (χ4v) is 2.53. The lowest BCUT2D eigenvalue weighted by molar-refractivity contribution is -0.117. The summed E-state index contributed by atoms with van der Waals surface area (Å²) in [5, 5.41) is 2.98. The maximum atomic E-state index is 12.7. The number of aromatic nitrogens is 2. The smallest absolute Gasteiger partial charge is 0.316 e. The predicted molar refractivity (Wildman–Crippen MR) is 90.8 cm³/mol. The first kappa shape index (κ1) is 16.9. The summed E-state index contributed by atoms with van der Waals surface area (Å²) in [5.41, 5.74) is 3.08. The van der Waals surface area contributed by atoms with Crippen molar-refractivity contribution in [3.63, 3.8) is 0 Å². The van der Waals surface area contributed by atoms with Gasteiger partial charge >= 0.3 is 6.01 Å². The number of nitrogens with zero attached hydrogens (tertiary/aromatic N) is 2. The highest BCUT2D eigenvalue weighted by atomic mass is 16.5. The second-order valence-corrected chi connectivity index (χ2v) is 5.35. The highest BCUT2D eigenvalue weighted by Gasteiger charge is 2.20. The van der Waals surface area contributed by atoms with Crippen molar-refractivity contribution in [1.29, 1.82) is 0 Å². The Labute approximate surface area is 137 Å². The molecule has 122 valence electrons. The lowest BCUT2D eigenvalue weighted by atomic mass is 9.95. The van der Waals surface area contributed by atoms with E-state index in [-0.39, 0.29) is 11.8 Å². The van der Waals surface area contributed by atoms with Gasteiger partial charge in [0.2, 0.25) is 5.91 Å². The van der Waals surface area contributed by atoms with Crippen LogP contribution in [0.2, 0.25) is 0 Å². The van der Waals surface area contributed by atoms with E-state index in [1.54, 1.807) is 0 Å². The third kappa shape index (κ3) is 4.06. The van der Waals surface area contributed by atoms with Crippen LogP contribution < -0.4 is 10.1 Å². The van der Waals surface area contributed by atoms with Gasteiger partial charge in [-0.3, -0.25) is 4.79 Å². The Bertz CT molecular complexity index is 648. The Kier molecular flexibility index (Phi) is 5.68. The third-order valence-electron chi connectivity index (χ3n) is 3.70. The van der Waals surface area contributed by atoms with Gasteiger partial charge in [0.15, 0.2) is 0 Å². The largest absolute Gasteiger partial charge is 0.464 e. The van der Waals surface area contributed by atoms with E-state index in [0.717, 1.165) is 12.0 Å². The van der Waals surface area contributed by atoms with Crippen molar-refractivity contribution in [3.05, 3.63) is 47.3 Å². The molecule has 1 unspecified atom stereocenters. The maximum Gasteiger partial charge on any atom is 0.316 e. The van der Waals surface area contributed by atoms with Gasteiger partial charge < -0.3 is 10.1 Å². The van der Waals surface area contributed by atoms with E-state index in [4.69, 9.17) is 4.74 Å². The molecule has 0 fully saturated rings. The molecule has 0 radical (unpaired) electrons. The Morgan fingerprint density at radius 3 is 2.26 bits per heavy atom. The summed E-state index contributed by atoms with van der Waals surface area (Å²) in [6.45, 7) is 8.09. The number of carbonyl (C=O) groups excluding carboxylic acids is 1. The minimum atomic E-state index is -0.193. The molecule has 0 aliphatic carbocycles. The fourth-order valence-electron chi connectivity index (χ4n) is 2.53. The van der Waals surface area contributed by atoms with Crippen LogP contribution in [0.3, 0.4) is 0 Å². The summed E-state index contributed by atoms with van der Waals surface area (Å²) in [6.07, 6.45) is 0.728. The van der Waals surface area contributed by atoms with Crippen LogP contribution in [0.15, 0.2) is 30.3 Å². The minimum Gasteiger partial charge on any atom is -0.464 e. The van der Waals surface area contributed by atoms with Crippen LogP contribution in [-0.4, -0.2) is 22.5 Å². The van der Waals surface area contributed by atoms with Crippen molar-refractivity contribution in [2.45, 2.75) is 40.0 Å². The zero-order valence-electron chi connectivity index (χ0n) is 14.1. The average molecular weight is 313 g/mol. The summed E-state index contributed by atoms with van der Waals surface area (Å²) in [7, 11) is 0. The van der Waals surface area contributed by atoms with Gasteiger partial charge in [-0.1, -0.05) is 37.3 Å². The predicted octanol–water partition coefficient (Wildman–Crippen LogP) is 3.62. The van der Waals surface area contributed by atoms with E-state index in [1.807, 2.05) is 58.0 Å². The molecular weight excluding hydrogens is 290 g/mol. The number of amides is 1. The molecule has 1 atom stereocenters. The van der Waals surface area contributed by atoms with Gasteiger partial charge in [0, 0.05) is 0 Å². The van der Waals surface area contributed by atoms with Crippen LogP contribution in [0.1, 0.15) is 43.1 Å². The molecule has 23 heavy (non-hydrogen) atoms. The Balaban J connectivity index is 2.22. The van der Waals surface area contributed by atoms with Crippen LogP contribution in [0.25, 0.3) is 0 Å². The van der Waals surface area contributed by atoms with E-state index < -0.39 is 0 Å². The molecule has 1 aromatic heterocycles. The van der Waals surface area contributed by atoms with Crippen LogP contribution in [-0.2, 0) is 4.79 Å². The number of aryl methyl sites for hydroxylation is 2. The summed E-state index contributed by atoms with van der Waals surface area (Å²) >= 11 is 0. The van der Waals surface area contributed by atoms with E-state index in [1.165, 1.54) is 0 Å². The number of ether oxygens (including phenoxy) is 1. The summed E-state index contributed by atoms with van der Waals surface area (Å²) < 4.78 is 5.33. The van der Waals surface area contributed by atoms with E-state index in [0.29, 0.717) is 29.7 Å².